The van der Waals surface area contributed by atoms with E-state index >= 15 is 0 Å². The van der Waals surface area contributed by atoms with Crippen LogP contribution in [0.25, 0.3) is 0 Å². The maximum Gasteiger partial charge on any atom is 0.317 e. The van der Waals surface area contributed by atoms with Gasteiger partial charge in [-0.05, 0) is 13.0 Å². The molecule has 0 saturated heterocycles. The average molecular weight is 211 g/mol. The molecule has 0 aromatic heterocycles. The number of carbonyl (C=O) groups is 1. The van der Waals surface area contributed by atoms with Crippen molar-refractivity contribution in [3.8, 4) is 12.3 Å². The molecule has 0 bridgehead atoms. The molecule has 0 spiro atoms. The van der Waals surface area contributed by atoms with Crippen LogP contribution in [0.4, 0.5) is 0 Å². The van der Waals surface area contributed by atoms with E-state index in [0.717, 1.165) is 19.4 Å². The van der Waals surface area contributed by atoms with Crippen LogP contribution in [0.15, 0.2) is 0 Å². The predicted molar refractivity (Wildman–Crippen MR) is 61.7 cm³/mol. The Hall–Kier alpha value is -1.01. The van der Waals surface area contributed by atoms with E-state index < -0.39 is 5.97 Å². The number of nitrogens with zero attached hydrogens (tertiary/aromatic N) is 1. The van der Waals surface area contributed by atoms with E-state index in [2.05, 4.69) is 12.8 Å². The fraction of sp³-hybridized carbons (Fsp3) is 0.750. The SMILES string of the molecule is C#CCN(CCCCCCC)CC(=O)O. The molecule has 0 rings (SSSR count). The number of hydrogen-bond acceptors (Lipinski definition) is 2. The Kier molecular flexibility index (Phi) is 8.90. The minimum atomic E-state index is -0.807. The topological polar surface area (TPSA) is 40.5 Å². The van der Waals surface area contributed by atoms with Crippen LogP contribution in [0.3, 0.4) is 0 Å². The molecule has 0 fully saturated rings. The molecule has 1 N–H and O–H groups in total. The van der Waals surface area contributed by atoms with E-state index in [1.807, 2.05) is 0 Å². The Morgan fingerprint density at radius 1 is 1.33 bits per heavy atom. The van der Waals surface area contributed by atoms with E-state index in [4.69, 9.17) is 11.5 Å². The van der Waals surface area contributed by atoms with Crippen LogP contribution in [0.1, 0.15) is 39.0 Å². The number of unbranched alkanes of at least 4 members (excludes halogenated alkanes) is 4. The summed E-state index contributed by atoms with van der Waals surface area (Å²) >= 11 is 0. The first-order chi connectivity index (χ1) is 7.20. The standard InChI is InChI=1S/C12H21NO2/c1-3-5-6-7-8-10-13(9-4-2)11-12(14)15/h2H,3,5-11H2,1H3,(H,14,15). The van der Waals surface area contributed by atoms with Gasteiger partial charge in [0.2, 0.25) is 0 Å². The number of carboxylic acids is 1. The lowest BCUT2D eigenvalue weighted by Crippen LogP contribution is -2.31. The van der Waals surface area contributed by atoms with Gasteiger partial charge in [-0.3, -0.25) is 9.69 Å². The second-order valence-corrected chi connectivity index (χ2v) is 3.72. The first-order valence-corrected chi connectivity index (χ1v) is 5.58. The highest BCUT2D eigenvalue weighted by atomic mass is 16.4. The molecule has 0 saturated carbocycles. The maximum atomic E-state index is 10.5. The van der Waals surface area contributed by atoms with Gasteiger partial charge >= 0.3 is 5.97 Å². The average Bonchev–Trinajstić information content (AvgIpc) is 2.17. The number of carboxylic acid groups (broad SMARTS) is 1. The maximum absolute atomic E-state index is 10.5. The minimum absolute atomic E-state index is 0.0535. The highest BCUT2D eigenvalue weighted by Gasteiger charge is 2.07. The number of aliphatic carboxylic acids is 1. The Morgan fingerprint density at radius 3 is 2.53 bits per heavy atom. The van der Waals surface area contributed by atoms with Crippen molar-refractivity contribution >= 4 is 5.97 Å². The molecule has 0 aromatic rings. The second-order valence-electron chi connectivity index (χ2n) is 3.72. The van der Waals surface area contributed by atoms with Gasteiger partial charge in [-0.25, -0.2) is 0 Å². The van der Waals surface area contributed by atoms with Crippen LogP contribution < -0.4 is 0 Å². The molecule has 0 unspecified atom stereocenters. The van der Waals surface area contributed by atoms with Crippen molar-refractivity contribution in [2.45, 2.75) is 39.0 Å². The van der Waals surface area contributed by atoms with Gasteiger partial charge in [0.15, 0.2) is 0 Å². The summed E-state index contributed by atoms with van der Waals surface area (Å²) in [6.07, 6.45) is 11.1. The Balaban J connectivity index is 3.57. The van der Waals surface area contributed by atoms with E-state index in [1.54, 1.807) is 4.90 Å². The van der Waals surface area contributed by atoms with Crippen molar-refractivity contribution < 1.29 is 9.90 Å². The first kappa shape index (κ1) is 14.0. The van der Waals surface area contributed by atoms with Gasteiger partial charge in [0.05, 0.1) is 13.1 Å². The summed E-state index contributed by atoms with van der Waals surface area (Å²) in [6.45, 7) is 3.45. The molecule has 0 aliphatic rings. The van der Waals surface area contributed by atoms with Gasteiger partial charge in [0.1, 0.15) is 0 Å². The zero-order chi connectivity index (χ0) is 11.5. The van der Waals surface area contributed by atoms with E-state index in [1.165, 1.54) is 19.3 Å². The van der Waals surface area contributed by atoms with Gasteiger partial charge in [0, 0.05) is 0 Å². The molecular weight excluding hydrogens is 190 g/mol. The van der Waals surface area contributed by atoms with Crippen LogP contribution in [0.5, 0.6) is 0 Å². The molecule has 0 aromatic carbocycles. The lowest BCUT2D eigenvalue weighted by molar-refractivity contribution is -0.138. The Morgan fingerprint density at radius 2 is 2.00 bits per heavy atom. The highest BCUT2D eigenvalue weighted by molar-refractivity contribution is 5.69. The molecule has 3 nitrogen and oxygen atoms in total. The molecule has 15 heavy (non-hydrogen) atoms. The molecular formula is C12H21NO2. The Labute approximate surface area is 92.5 Å². The molecule has 86 valence electrons. The van der Waals surface area contributed by atoms with Crippen LogP contribution in [-0.4, -0.2) is 35.6 Å². The van der Waals surface area contributed by atoms with Crippen LogP contribution >= 0.6 is 0 Å². The fourth-order valence-corrected chi connectivity index (χ4v) is 1.47. The van der Waals surface area contributed by atoms with E-state index in [0.29, 0.717) is 6.54 Å². The van der Waals surface area contributed by atoms with Crippen molar-refractivity contribution in [1.29, 1.82) is 0 Å². The largest absolute Gasteiger partial charge is 0.480 e. The summed E-state index contributed by atoms with van der Waals surface area (Å²) in [4.78, 5) is 12.3. The first-order valence-electron chi connectivity index (χ1n) is 5.58. The number of terminal acetylenes is 1. The van der Waals surface area contributed by atoms with Gasteiger partial charge < -0.3 is 5.11 Å². The zero-order valence-electron chi connectivity index (χ0n) is 9.54. The van der Waals surface area contributed by atoms with Crippen LogP contribution in [0.2, 0.25) is 0 Å². The summed E-state index contributed by atoms with van der Waals surface area (Å²) in [5, 5.41) is 8.64. The lowest BCUT2D eigenvalue weighted by atomic mass is 10.1. The van der Waals surface area contributed by atoms with E-state index in [9.17, 15) is 4.79 Å². The summed E-state index contributed by atoms with van der Waals surface area (Å²) in [6, 6.07) is 0. The van der Waals surface area contributed by atoms with Crippen molar-refractivity contribution in [2.24, 2.45) is 0 Å². The third kappa shape index (κ3) is 9.30. The summed E-state index contributed by atoms with van der Waals surface area (Å²) < 4.78 is 0. The number of rotatable bonds is 9. The van der Waals surface area contributed by atoms with Crippen molar-refractivity contribution in [1.82, 2.24) is 4.90 Å². The molecule has 0 radical (unpaired) electrons. The van der Waals surface area contributed by atoms with Crippen molar-refractivity contribution in [3.05, 3.63) is 0 Å². The second kappa shape index (κ2) is 9.54. The number of hydrogen-bond donors (Lipinski definition) is 1. The summed E-state index contributed by atoms with van der Waals surface area (Å²) in [7, 11) is 0. The van der Waals surface area contributed by atoms with Gasteiger partial charge in [-0.2, -0.15) is 0 Å². The molecule has 0 amide bonds. The normalized spacial score (nSPS) is 10.2. The quantitative estimate of drug-likeness (QED) is 0.468. The Bertz CT molecular complexity index is 208. The highest BCUT2D eigenvalue weighted by Crippen LogP contribution is 2.03. The molecule has 0 aliphatic heterocycles. The molecule has 0 atom stereocenters. The third-order valence-electron chi connectivity index (χ3n) is 2.25. The fourth-order valence-electron chi connectivity index (χ4n) is 1.47. The van der Waals surface area contributed by atoms with Crippen LogP contribution in [0, 0.1) is 12.3 Å². The lowest BCUT2D eigenvalue weighted by Gasteiger charge is -2.16. The van der Waals surface area contributed by atoms with Crippen molar-refractivity contribution in [3.63, 3.8) is 0 Å². The monoisotopic (exact) mass is 211 g/mol. The van der Waals surface area contributed by atoms with Crippen LogP contribution in [-0.2, 0) is 4.79 Å². The summed E-state index contributed by atoms with van der Waals surface area (Å²) in [5.41, 5.74) is 0. The van der Waals surface area contributed by atoms with Gasteiger partial charge in [0.25, 0.3) is 0 Å². The van der Waals surface area contributed by atoms with Crippen molar-refractivity contribution in [2.75, 3.05) is 19.6 Å². The molecule has 3 heteroatoms. The zero-order valence-corrected chi connectivity index (χ0v) is 9.54. The van der Waals surface area contributed by atoms with Gasteiger partial charge in [-0.15, -0.1) is 6.42 Å². The molecule has 0 heterocycles. The third-order valence-corrected chi connectivity index (χ3v) is 2.25. The minimum Gasteiger partial charge on any atom is -0.480 e. The predicted octanol–water partition coefficient (Wildman–Crippen LogP) is 1.98. The van der Waals surface area contributed by atoms with E-state index in [-0.39, 0.29) is 6.54 Å². The molecule has 0 aliphatic carbocycles. The summed E-state index contributed by atoms with van der Waals surface area (Å²) in [5.74, 6) is 1.68. The van der Waals surface area contributed by atoms with Gasteiger partial charge in [-0.1, -0.05) is 38.5 Å². The smallest absolute Gasteiger partial charge is 0.317 e.